The van der Waals surface area contributed by atoms with E-state index in [9.17, 15) is 4.79 Å². The molecule has 0 saturated carbocycles. The van der Waals surface area contributed by atoms with Gasteiger partial charge in [0, 0.05) is 6.61 Å². The van der Waals surface area contributed by atoms with Crippen molar-refractivity contribution in [1.82, 2.24) is 0 Å². The fourth-order valence-electron chi connectivity index (χ4n) is 1.71. The lowest BCUT2D eigenvalue weighted by Crippen LogP contribution is -2.16. The van der Waals surface area contributed by atoms with Crippen LogP contribution < -0.4 is 4.74 Å². The van der Waals surface area contributed by atoms with Gasteiger partial charge in [0.25, 0.3) is 0 Å². The highest BCUT2D eigenvalue weighted by atomic mass is 79.9. The summed E-state index contributed by atoms with van der Waals surface area (Å²) in [4.78, 5) is 10.7. The summed E-state index contributed by atoms with van der Waals surface area (Å²) in [5.74, 6) is -0.304. The van der Waals surface area contributed by atoms with Crippen molar-refractivity contribution in [2.75, 3.05) is 13.2 Å². The number of halogens is 1. The Kier molecular flexibility index (Phi) is 4.02. The molecule has 0 spiro atoms. The van der Waals surface area contributed by atoms with Crippen LogP contribution in [0, 0.1) is 0 Å². The number of hydrogen-bond donors (Lipinski definition) is 1. The first-order valence-electron chi connectivity index (χ1n) is 5.44. The number of carboxylic acids is 1. The Bertz CT molecular complexity index is 413. The van der Waals surface area contributed by atoms with E-state index in [1.807, 2.05) is 0 Å². The summed E-state index contributed by atoms with van der Waals surface area (Å²) >= 11 is 3.30. The highest BCUT2D eigenvalue weighted by Gasteiger charge is 2.16. The maximum Gasteiger partial charge on any atom is 0.335 e. The van der Waals surface area contributed by atoms with Gasteiger partial charge in [-0.05, 0) is 47.0 Å². The van der Waals surface area contributed by atoms with Crippen molar-refractivity contribution in [1.29, 1.82) is 0 Å². The fourth-order valence-corrected chi connectivity index (χ4v) is 2.20. The topological polar surface area (TPSA) is 55.8 Å². The van der Waals surface area contributed by atoms with Crippen LogP contribution >= 0.6 is 15.9 Å². The normalized spacial score (nSPS) is 19.2. The molecule has 1 atom stereocenters. The number of carboxylic acid groups (broad SMARTS) is 1. The van der Waals surface area contributed by atoms with E-state index in [0.717, 1.165) is 19.4 Å². The third kappa shape index (κ3) is 3.20. The van der Waals surface area contributed by atoms with Gasteiger partial charge in [-0.25, -0.2) is 4.79 Å². The van der Waals surface area contributed by atoms with Gasteiger partial charge in [-0.15, -0.1) is 0 Å². The summed E-state index contributed by atoms with van der Waals surface area (Å²) in [6.45, 7) is 1.30. The number of ether oxygens (including phenoxy) is 2. The van der Waals surface area contributed by atoms with Crippen LogP contribution in [0.4, 0.5) is 0 Å². The van der Waals surface area contributed by atoms with Crippen molar-refractivity contribution < 1.29 is 19.4 Å². The number of aromatic carboxylic acids is 1. The lowest BCUT2D eigenvalue weighted by atomic mass is 10.2. The highest BCUT2D eigenvalue weighted by Crippen LogP contribution is 2.27. The molecule has 1 N–H and O–H groups in total. The van der Waals surface area contributed by atoms with Crippen molar-refractivity contribution in [2.24, 2.45) is 0 Å². The Morgan fingerprint density at radius 2 is 2.41 bits per heavy atom. The van der Waals surface area contributed by atoms with Crippen LogP contribution in [0.1, 0.15) is 23.2 Å². The number of hydrogen-bond acceptors (Lipinski definition) is 3. The molecule has 0 bridgehead atoms. The minimum absolute atomic E-state index is 0.154. The zero-order valence-electron chi connectivity index (χ0n) is 9.19. The van der Waals surface area contributed by atoms with Crippen molar-refractivity contribution in [3.8, 4) is 5.75 Å². The summed E-state index contributed by atoms with van der Waals surface area (Å²) in [7, 11) is 0. The minimum Gasteiger partial charge on any atom is -0.490 e. The standard InChI is InChI=1S/C12H13BrO4/c13-10-6-8(12(14)15)3-4-11(10)17-7-9-2-1-5-16-9/h3-4,6,9H,1-2,5,7H2,(H,14,15). The van der Waals surface area contributed by atoms with E-state index >= 15 is 0 Å². The molecule has 1 aliphatic heterocycles. The molecule has 4 nitrogen and oxygen atoms in total. The Hall–Kier alpha value is -1.07. The van der Waals surface area contributed by atoms with E-state index < -0.39 is 5.97 Å². The summed E-state index contributed by atoms with van der Waals surface area (Å²) in [5.41, 5.74) is 0.237. The predicted octanol–water partition coefficient (Wildman–Crippen LogP) is 2.71. The smallest absolute Gasteiger partial charge is 0.335 e. The molecule has 17 heavy (non-hydrogen) atoms. The van der Waals surface area contributed by atoms with Crippen LogP contribution in [0.5, 0.6) is 5.75 Å². The molecule has 92 valence electrons. The zero-order chi connectivity index (χ0) is 12.3. The Morgan fingerprint density at radius 1 is 1.59 bits per heavy atom. The first-order valence-corrected chi connectivity index (χ1v) is 6.23. The van der Waals surface area contributed by atoms with Crippen molar-refractivity contribution in [3.05, 3.63) is 28.2 Å². The maximum absolute atomic E-state index is 10.7. The van der Waals surface area contributed by atoms with Gasteiger partial charge in [0.2, 0.25) is 0 Å². The largest absolute Gasteiger partial charge is 0.490 e. The van der Waals surface area contributed by atoms with E-state index in [1.165, 1.54) is 12.1 Å². The summed E-state index contributed by atoms with van der Waals surface area (Å²) in [6, 6.07) is 4.72. The maximum atomic E-state index is 10.7. The number of carbonyl (C=O) groups is 1. The molecule has 5 heteroatoms. The third-order valence-electron chi connectivity index (χ3n) is 2.63. The molecule has 1 aromatic carbocycles. The monoisotopic (exact) mass is 300 g/mol. The number of rotatable bonds is 4. The average molecular weight is 301 g/mol. The van der Waals surface area contributed by atoms with Gasteiger partial charge in [0.05, 0.1) is 16.1 Å². The van der Waals surface area contributed by atoms with Crippen LogP contribution in [0.3, 0.4) is 0 Å². The summed E-state index contributed by atoms with van der Waals surface area (Å²) in [5, 5.41) is 8.82. The first kappa shape index (κ1) is 12.4. The van der Waals surface area contributed by atoms with Crippen molar-refractivity contribution in [3.63, 3.8) is 0 Å². The molecule has 1 heterocycles. The molecular weight excluding hydrogens is 288 g/mol. The molecule has 0 amide bonds. The summed E-state index contributed by atoms with van der Waals surface area (Å²) < 4.78 is 11.7. The molecule has 0 radical (unpaired) electrons. The third-order valence-corrected chi connectivity index (χ3v) is 3.25. The van der Waals surface area contributed by atoms with Gasteiger partial charge in [-0.2, -0.15) is 0 Å². The lowest BCUT2D eigenvalue weighted by molar-refractivity contribution is 0.0672. The predicted molar refractivity (Wildman–Crippen MR) is 65.6 cm³/mol. The van der Waals surface area contributed by atoms with Crippen LogP contribution in [-0.2, 0) is 4.74 Å². The molecule has 2 rings (SSSR count). The van der Waals surface area contributed by atoms with E-state index in [0.29, 0.717) is 16.8 Å². The second-order valence-corrected chi connectivity index (χ2v) is 4.75. The van der Waals surface area contributed by atoms with E-state index in [-0.39, 0.29) is 11.7 Å². The van der Waals surface area contributed by atoms with Gasteiger partial charge in [0.1, 0.15) is 12.4 Å². The Labute approximate surface area is 108 Å². The minimum atomic E-state index is -0.948. The van der Waals surface area contributed by atoms with Gasteiger partial charge >= 0.3 is 5.97 Å². The second-order valence-electron chi connectivity index (χ2n) is 3.90. The van der Waals surface area contributed by atoms with Gasteiger partial charge in [-0.3, -0.25) is 0 Å². The van der Waals surface area contributed by atoms with Crippen LogP contribution in [0.15, 0.2) is 22.7 Å². The molecule has 1 fully saturated rings. The molecule has 0 aliphatic carbocycles. The zero-order valence-corrected chi connectivity index (χ0v) is 10.8. The molecule has 1 aliphatic rings. The number of benzene rings is 1. The second kappa shape index (κ2) is 5.51. The van der Waals surface area contributed by atoms with E-state index in [4.69, 9.17) is 14.6 Å². The molecular formula is C12H13BrO4. The SMILES string of the molecule is O=C(O)c1ccc(OCC2CCCO2)c(Br)c1. The van der Waals surface area contributed by atoms with E-state index in [2.05, 4.69) is 15.9 Å². The van der Waals surface area contributed by atoms with Gasteiger partial charge < -0.3 is 14.6 Å². The highest BCUT2D eigenvalue weighted by molar-refractivity contribution is 9.10. The average Bonchev–Trinajstić information content (AvgIpc) is 2.80. The lowest BCUT2D eigenvalue weighted by Gasteiger charge is -2.12. The Balaban J connectivity index is 1.98. The van der Waals surface area contributed by atoms with Crippen LogP contribution in [0.2, 0.25) is 0 Å². The molecule has 0 aromatic heterocycles. The molecule has 1 saturated heterocycles. The molecule has 1 aromatic rings. The quantitative estimate of drug-likeness (QED) is 0.929. The first-order chi connectivity index (χ1) is 8.16. The summed E-state index contributed by atoms with van der Waals surface area (Å²) in [6.07, 6.45) is 2.25. The molecule has 1 unspecified atom stereocenters. The Morgan fingerprint density at radius 3 is 3.00 bits per heavy atom. The fraction of sp³-hybridized carbons (Fsp3) is 0.417. The van der Waals surface area contributed by atoms with Crippen LogP contribution in [-0.4, -0.2) is 30.4 Å². The van der Waals surface area contributed by atoms with Crippen molar-refractivity contribution >= 4 is 21.9 Å². The van der Waals surface area contributed by atoms with Gasteiger partial charge in [-0.1, -0.05) is 0 Å². The van der Waals surface area contributed by atoms with E-state index in [1.54, 1.807) is 6.07 Å². The van der Waals surface area contributed by atoms with Gasteiger partial charge in [0.15, 0.2) is 0 Å². The van der Waals surface area contributed by atoms with Crippen molar-refractivity contribution in [2.45, 2.75) is 18.9 Å². The van der Waals surface area contributed by atoms with Crippen LogP contribution in [0.25, 0.3) is 0 Å².